The molecule has 0 heterocycles. The Morgan fingerprint density at radius 1 is 1.20 bits per heavy atom. The van der Waals surface area contributed by atoms with Crippen molar-refractivity contribution < 1.29 is 4.79 Å². The maximum Gasteiger partial charge on any atom is 0.224 e. The predicted molar refractivity (Wildman–Crippen MR) is 85.2 cm³/mol. The summed E-state index contributed by atoms with van der Waals surface area (Å²) in [4.78, 5) is 12.1. The van der Waals surface area contributed by atoms with E-state index in [0.29, 0.717) is 6.42 Å². The molecule has 0 bridgehead atoms. The molecule has 0 aliphatic heterocycles. The highest BCUT2D eigenvalue weighted by Crippen LogP contribution is 2.17. The summed E-state index contributed by atoms with van der Waals surface area (Å²) in [5.41, 5.74) is 0.606. The number of fused-ring (bicyclic) bond motifs is 1. The lowest BCUT2D eigenvalue weighted by atomic mass is 10.00. The Hall–Kier alpha value is -1.54. The lowest BCUT2D eigenvalue weighted by Crippen LogP contribution is -2.49. The highest BCUT2D eigenvalue weighted by molar-refractivity contribution is 6.21. The van der Waals surface area contributed by atoms with Crippen molar-refractivity contribution in [2.24, 2.45) is 0 Å². The van der Waals surface area contributed by atoms with Crippen molar-refractivity contribution in [1.29, 1.82) is 0 Å². The molecule has 0 aliphatic carbocycles. The molecular weight excluding hydrogens is 270 g/mol. The Bertz CT molecular complexity index is 619. The van der Waals surface area contributed by atoms with Gasteiger partial charge in [-0.25, -0.2) is 0 Å². The van der Waals surface area contributed by atoms with Crippen molar-refractivity contribution in [3.05, 3.63) is 48.0 Å². The fraction of sp³-hybridized carbons (Fsp3) is 0.353. The molecule has 0 saturated heterocycles. The van der Waals surface area contributed by atoms with Gasteiger partial charge in [-0.05, 0) is 37.1 Å². The molecule has 2 nitrogen and oxygen atoms in total. The lowest BCUT2D eigenvalue weighted by Gasteiger charge is -2.29. The van der Waals surface area contributed by atoms with Gasteiger partial charge in [0.05, 0.1) is 17.3 Å². The summed E-state index contributed by atoms with van der Waals surface area (Å²) in [5.74, 6) is -0.00205. The zero-order chi connectivity index (χ0) is 14.8. The molecule has 106 valence electrons. The van der Waals surface area contributed by atoms with Crippen LogP contribution in [0.15, 0.2) is 42.5 Å². The molecule has 0 spiro atoms. The average Bonchev–Trinajstić information content (AvgIpc) is 2.37. The fourth-order valence-electron chi connectivity index (χ4n) is 2.04. The number of rotatable bonds is 4. The van der Waals surface area contributed by atoms with E-state index in [1.807, 2.05) is 45.0 Å². The Morgan fingerprint density at radius 3 is 2.50 bits per heavy atom. The Balaban J connectivity index is 2.10. The summed E-state index contributed by atoms with van der Waals surface area (Å²) in [6.45, 7) is 5.75. The van der Waals surface area contributed by atoms with Crippen LogP contribution in [-0.4, -0.2) is 16.8 Å². The second-order valence-electron chi connectivity index (χ2n) is 5.74. The van der Waals surface area contributed by atoms with Gasteiger partial charge in [0.15, 0.2) is 0 Å². The van der Waals surface area contributed by atoms with Gasteiger partial charge < -0.3 is 5.32 Å². The monoisotopic (exact) mass is 289 g/mol. The topological polar surface area (TPSA) is 29.1 Å². The molecule has 20 heavy (non-hydrogen) atoms. The van der Waals surface area contributed by atoms with Gasteiger partial charge in [0.2, 0.25) is 5.91 Å². The largest absolute Gasteiger partial charge is 0.349 e. The molecule has 1 N–H and O–H groups in total. The van der Waals surface area contributed by atoms with Crippen molar-refractivity contribution in [2.75, 3.05) is 0 Å². The molecule has 3 heteroatoms. The van der Waals surface area contributed by atoms with E-state index >= 15 is 0 Å². The minimum Gasteiger partial charge on any atom is -0.349 e. The third kappa shape index (κ3) is 3.51. The minimum absolute atomic E-state index is 0.00205. The van der Waals surface area contributed by atoms with Crippen LogP contribution in [-0.2, 0) is 11.2 Å². The Labute approximate surface area is 125 Å². The van der Waals surface area contributed by atoms with E-state index in [1.54, 1.807) is 0 Å². The minimum atomic E-state index is -0.407. The third-order valence-corrected chi connectivity index (χ3v) is 4.18. The van der Waals surface area contributed by atoms with Gasteiger partial charge in [0, 0.05) is 0 Å². The van der Waals surface area contributed by atoms with Crippen LogP contribution >= 0.6 is 11.6 Å². The Kier molecular flexibility index (Phi) is 4.34. The fourth-order valence-corrected chi connectivity index (χ4v) is 2.09. The molecule has 0 aromatic heterocycles. The van der Waals surface area contributed by atoms with E-state index in [2.05, 4.69) is 23.5 Å². The number of hydrogen-bond acceptors (Lipinski definition) is 1. The van der Waals surface area contributed by atoms with E-state index in [-0.39, 0.29) is 11.3 Å². The summed E-state index contributed by atoms with van der Waals surface area (Å²) in [5, 5.41) is 5.20. The van der Waals surface area contributed by atoms with Crippen LogP contribution in [0.4, 0.5) is 0 Å². The average molecular weight is 290 g/mol. The number of hydrogen-bond donors (Lipinski definition) is 1. The SMILES string of the molecule is CC(Cl)C(C)(C)NC(=O)Cc1ccc2ccccc2c1. The maximum absolute atomic E-state index is 12.1. The smallest absolute Gasteiger partial charge is 0.224 e. The first kappa shape index (κ1) is 14.9. The number of halogens is 1. The van der Waals surface area contributed by atoms with Gasteiger partial charge in [0.1, 0.15) is 0 Å². The van der Waals surface area contributed by atoms with Crippen LogP contribution in [0.25, 0.3) is 10.8 Å². The molecule has 0 saturated carbocycles. The van der Waals surface area contributed by atoms with Crippen molar-refractivity contribution in [3.8, 4) is 0 Å². The van der Waals surface area contributed by atoms with Crippen LogP contribution < -0.4 is 5.32 Å². The first-order chi connectivity index (χ1) is 9.38. The lowest BCUT2D eigenvalue weighted by molar-refractivity contribution is -0.122. The van der Waals surface area contributed by atoms with Gasteiger partial charge in [0.25, 0.3) is 0 Å². The summed E-state index contributed by atoms with van der Waals surface area (Å²) in [6.07, 6.45) is 0.373. The van der Waals surface area contributed by atoms with Crippen molar-refractivity contribution in [3.63, 3.8) is 0 Å². The zero-order valence-corrected chi connectivity index (χ0v) is 12.9. The second-order valence-corrected chi connectivity index (χ2v) is 6.40. The van der Waals surface area contributed by atoms with Gasteiger partial charge >= 0.3 is 0 Å². The number of carbonyl (C=O) groups is 1. The molecular formula is C17H20ClNO. The van der Waals surface area contributed by atoms with Crippen LogP contribution in [0.5, 0.6) is 0 Å². The van der Waals surface area contributed by atoms with Gasteiger partial charge in [-0.3, -0.25) is 4.79 Å². The summed E-state index contributed by atoms with van der Waals surface area (Å²) in [6, 6.07) is 14.3. The number of alkyl halides is 1. The van der Waals surface area contributed by atoms with E-state index in [1.165, 1.54) is 5.39 Å². The van der Waals surface area contributed by atoms with Gasteiger partial charge in [-0.1, -0.05) is 42.5 Å². The van der Waals surface area contributed by atoms with Crippen molar-refractivity contribution in [1.82, 2.24) is 5.32 Å². The normalized spacial score (nSPS) is 13.2. The quantitative estimate of drug-likeness (QED) is 0.850. The van der Waals surface area contributed by atoms with Crippen LogP contribution in [0.2, 0.25) is 0 Å². The zero-order valence-electron chi connectivity index (χ0n) is 12.1. The number of nitrogens with one attached hydrogen (secondary N) is 1. The first-order valence-corrected chi connectivity index (χ1v) is 7.25. The first-order valence-electron chi connectivity index (χ1n) is 6.81. The highest BCUT2D eigenvalue weighted by Gasteiger charge is 2.25. The summed E-state index contributed by atoms with van der Waals surface area (Å²) < 4.78 is 0. The molecule has 1 atom stereocenters. The number of amides is 1. The van der Waals surface area contributed by atoms with E-state index in [9.17, 15) is 4.79 Å². The van der Waals surface area contributed by atoms with Crippen LogP contribution in [0.3, 0.4) is 0 Å². The molecule has 0 radical (unpaired) electrons. The number of benzene rings is 2. The van der Waals surface area contributed by atoms with E-state index < -0.39 is 5.54 Å². The number of carbonyl (C=O) groups excluding carboxylic acids is 1. The molecule has 2 rings (SSSR count). The summed E-state index contributed by atoms with van der Waals surface area (Å²) >= 11 is 6.08. The second kappa shape index (κ2) is 5.84. The maximum atomic E-state index is 12.1. The third-order valence-electron chi connectivity index (χ3n) is 3.63. The molecule has 1 amide bonds. The van der Waals surface area contributed by atoms with Gasteiger partial charge in [-0.2, -0.15) is 0 Å². The molecule has 2 aromatic rings. The summed E-state index contributed by atoms with van der Waals surface area (Å²) in [7, 11) is 0. The molecule has 0 aliphatic rings. The molecule has 0 fully saturated rings. The van der Waals surface area contributed by atoms with Crippen molar-refractivity contribution in [2.45, 2.75) is 38.1 Å². The highest BCUT2D eigenvalue weighted by atomic mass is 35.5. The molecule has 1 unspecified atom stereocenters. The van der Waals surface area contributed by atoms with Crippen molar-refractivity contribution >= 4 is 28.3 Å². The van der Waals surface area contributed by atoms with E-state index in [0.717, 1.165) is 10.9 Å². The van der Waals surface area contributed by atoms with Gasteiger partial charge in [-0.15, -0.1) is 11.6 Å². The van der Waals surface area contributed by atoms with Crippen LogP contribution in [0, 0.1) is 0 Å². The van der Waals surface area contributed by atoms with E-state index in [4.69, 9.17) is 11.6 Å². The Morgan fingerprint density at radius 2 is 1.85 bits per heavy atom. The standard InChI is InChI=1S/C17H20ClNO/c1-12(18)17(2,3)19-16(20)11-13-8-9-14-6-4-5-7-15(14)10-13/h4-10,12H,11H2,1-3H3,(H,19,20). The van der Waals surface area contributed by atoms with Crippen LogP contribution in [0.1, 0.15) is 26.3 Å². The molecule has 2 aromatic carbocycles. The predicted octanol–water partition coefficient (Wildman–Crippen LogP) is 3.90.